The van der Waals surface area contributed by atoms with Crippen molar-refractivity contribution in [3.63, 3.8) is 0 Å². The number of aliphatic hydroxyl groups excluding tert-OH is 1. The molecule has 5 heteroatoms. The number of carbonyl (C=O) groups excluding carboxylic acids is 2. The molecule has 4 aliphatic carbocycles. The molecule has 21 heavy (non-hydrogen) atoms. The maximum Gasteiger partial charge on any atom is 0.229 e. The molecule has 5 fully saturated rings. The molecule has 0 aromatic carbocycles. The number of β-amino-alcohol motifs (C(OH)–C–C–N with tert-alkyl or cyclic N) is 1. The Morgan fingerprint density at radius 3 is 2.00 bits per heavy atom. The van der Waals surface area contributed by atoms with E-state index in [-0.39, 0.29) is 24.3 Å². The zero-order valence-corrected chi connectivity index (χ0v) is 12.2. The molecule has 0 aromatic heterocycles. The van der Waals surface area contributed by atoms with Crippen molar-refractivity contribution in [1.29, 1.82) is 0 Å². The van der Waals surface area contributed by atoms with Gasteiger partial charge >= 0.3 is 0 Å². The van der Waals surface area contributed by atoms with Gasteiger partial charge in [0.2, 0.25) is 5.91 Å². The minimum atomic E-state index is -1.23. The summed E-state index contributed by atoms with van der Waals surface area (Å²) in [6.07, 6.45) is 5.89. The number of aliphatic hydroxyl groups is 1. The first-order valence-corrected chi connectivity index (χ1v) is 8.17. The van der Waals surface area contributed by atoms with Gasteiger partial charge in [-0.3, -0.25) is 4.79 Å². The van der Waals surface area contributed by atoms with Crippen LogP contribution in [0.3, 0.4) is 0 Å². The summed E-state index contributed by atoms with van der Waals surface area (Å²) in [7, 11) is 0. The molecule has 4 bridgehead atoms. The Labute approximate surface area is 124 Å². The van der Waals surface area contributed by atoms with E-state index in [0.717, 1.165) is 19.3 Å². The summed E-state index contributed by atoms with van der Waals surface area (Å²) in [5.74, 6) is 0.689. The van der Waals surface area contributed by atoms with E-state index in [9.17, 15) is 19.8 Å². The predicted octanol–water partition coefficient (Wildman–Crippen LogP) is -0.0855. The van der Waals surface area contributed by atoms with Gasteiger partial charge < -0.3 is 19.9 Å². The van der Waals surface area contributed by atoms with Crippen LogP contribution in [0.1, 0.15) is 44.9 Å². The molecule has 0 unspecified atom stereocenters. The number of carboxylic acid groups (broad SMARTS) is 1. The number of nitrogens with zero attached hydrogens (tertiary/aromatic N) is 1. The molecular formula is C16H22NO4-. The van der Waals surface area contributed by atoms with Gasteiger partial charge in [0.05, 0.1) is 23.5 Å². The fourth-order valence-corrected chi connectivity index (χ4v) is 5.94. The SMILES string of the molecule is O=C([O-])[C@H]1C[C@@H](O)CN1C(=O)C12CC3CC(CC(C3)C1)C2. The van der Waals surface area contributed by atoms with Gasteiger partial charge in [0.1, 0.15) is 0 Å². The summed E-state index contributed by atoms with van der Waals surface area (Å²) in [5.41, 5.74) is -0.341. The van der Waals surface area contributed by atoms with Gasteiger partial charge in [-0.15, -0.1) is 0 Å². The van der Waals surface area contributed by atoms with Crippen LogP contribution in [0.5, 0.6) is 0 Å². The fourth-order valence-electron chi connectivity index (χ4n) is 5.94. The van der Waals surface area contributed by atoms with Gasteiger partial charge in [0, 0.05) is 13.0 Å². The topological polar surface area (TPSA) is 80.7 Å². The van der Waals surface area contributed by atoms with Gasteiger partial charge in [0.25, 0.3) is 0 Å². The second-order valence-electron chi connectivity index (χ2n) is 7.88. The third kappa shape index (κ3) is 2.00. The summed E-state index contributed by atoms with van der Waals surface area (Å²) in [5, 5.41) is 21.0. The lowest BCUT2D eigenvalue weighted by molar-refractivity contribution is -0.310. The first kappa shape index (κ1) is 13.6. The number of likely N-dealkylation sites (tertiary alicyclic amines) is 1. The normalized spacial score (nSPS) is 47.9. The first-order valence-electron chi connectivity index (χ1n) is 8.17. The molecule has 1 aliphatic heterocycles. The second kappa shape index (κ2) is 4.45. The maximum atomic E-state index is 13.1. The lowest BCUT2D eigenvalue weighted by Crippen LogP contribution is -2.57. The van der Waals surface area contributed by atoms with Crippen molar-refractivity contribution in [1.82, 2.24) is 4.90 Å². The molecule has 5 nitrogen and oxygen atoms in total. The Hall–Kier alpha value is -1.10. The number of hydrogen-bond acceptors (Lipinski definition) is 4. The number of rotatable bonds is 2. The van der Waals surface area contributed by atoms with Crippen molar-refractivity contribution in [3.05, 3.63) is 0 Å². The molecule has 1 N–H and O–H groups in total. The number of amides is 1. The number of carboxylic acids is 1. The zero-order valence-electron chi connectivity index (χ0n) is 12.2. The van der Waals surface area contributed by atoms with Crippen LogP contribution in [0.4, 0.5) is 0 Å². The molecule has 4 saturated carbocycles. The molecule has 0 radical (unpaired) electrons. The van der Waals surface area contributed by atoms with Crippen molar-refractivity contribution in [2.45, 2.75) is 57.1 Å². The fraction of sp³-hybridized carbons (Fsp3) is 0.875. The molecule has 1 saturated heterocycles. The minimum Gasteiger partial charge on any atom is -0.548 e. The summed E-state index contributed by atoms with van der Waals surface area (Å²) in [4.78, 5) is 25.8. The molecule has 1 heterocycles. The number of carbonyl (C=O) groups is 2. The van der Waals surface area contributed by atoms with E-state index in [2.05, 4.69) is 0 Å². The Balaban J connectivity index is 1.61. The largest absolute Gasteiger partial charge is 0.548 e. The van der Waals surface area contributed by atoms with Crippen LogP contribution in [-0.4, -0.2) is 40.6 Å². The third-order valence-corrected chi connectivity index (χ3v) is 6.30. The highest BCUT2D eigenvalue weighted by molar-refractivity contribution is 5.88. The van der Waals surface area contributed by atoms with Crippen LogP contribution >= 0.6 is 0 Å². The Kier molecular flexibility index (Phi) is 2.87. The number of aliphatic carboxylic acids is 1. The van der Waals surface area contributed by atoms with E-state index >= 15 is 0 Å². The molecule has 116 valence electrons. The van der Waals surface area contributed by atoms with Gasteiger partial charge in [-0.25, -0.2) is 0 Å². The molecule has 0 spiro atoms. The number of hydrogen-bond donors (Lipinski definition) is 1. The minimum absolute atomic E-state index is 0.0210. The first-order chi connectivity index (χ1) is 9.97. The highest BCUT2D eigenvalue weighted by atomic mass is 16.4. The van der Waals surface area contributed by atoms with Crippen LogP contribution in [0.15, 0.2) is 0 Å². The Morgan fingerprint density at radius 1 is 1.00 bits per heavy atom. The van der Waals surface area contributed by atoms with E-state index in [4.69, 9.17) is 0 Å². The van der Waals surface area contributed by atoms with Gasteiger partial charge in [-0.2, -0.15) is 0 Å². The van der Waals surface area contributed by atoms with Crippen molar-refractivity contribution < 1.29 is 19.8 Å². The summed E-state index contributed by atoms with van der Waals surface area (Å²) in [6, 6.07) is -0.944. The van der Waals surface area contributed by atoms with Crippen LogP contribution < -0.4 is 5.11 Å². The van der Waals surface area contributed by atoms with Gasteiger partial charge in [-0.05, 0) is 56.3 Å². The van der Waals surface area contributed by atoms with E-state index in [1.807, 2.05) is 0 Å². The van der Waals surface area contributed by atoms with E-state index in [0.29, 0.717) is 17.8 Å². The summed E-state index contributed by atoms with van der Waals surface area (Å²) < 4.78 is 0. The Morgan fingerprint density at radius 2 is 1.52 bits per heavy atom. The molecular weight excluding hydrogens is 270 g/mol. The molecule has 5 rings (SSSR count). The Bertz CT molecular complexity index is 453. The standard InChI is InChI=1S/C16H23NO4/c18-12-4-13(14(19)20)17(8-12)15(21)16-5-9-1-10(6-16)3-11(2-9)7-16/h9-13,18H,1-8H2,(H,19,20)/p-1/t9?,10?,11?,12-,13-,16?/m1/s1. The smallest absolute Gasteiger partial charge is 0.229 e. The molecule has 1 amide bonds. The highest BCUT2D eigenvalue weighted by Crippen LogP contribution is 2.60. The lowest BCUT2D eigenvalue weighted by Gasteiger charge is -2.56. The van der Waals surface area contributed by atoms with Crippen molar-refractivity contribution in [2.75, 3.05) is 6.54 Å². The highest BCUT2D eigenvalue weighted by Gasteiger charge is 2.56. The second-order valence-corrected chi connectivity index (χ2v) is 7.88. The lowest BCUT2D eigenvalue weighted by atomic mass is 9.49. The monoisotopic (exact) mass is 292 g/mol. The van der Waals surface area contributed by atoms with Crippen LogP contribution in [0.25, 0.3) is 0 Å². The van der Waals surface area contributed by atoms with Crippen LogP contribution in [0.2, 0.25) is 0 Å². The molecule has 5 aliphatic rings. The predicted molar refractivity (Wildman–Crippen MR) is 71.7 cm³/mol. The summed E-state index contributed by atoms with van der Waals surface area (Å²) in [6.45, 7) is 0.152. The van der Waals surface area contributed by atoms with E-state index in [1.54, 1.807) is 0 Å². The van der Waals surface area contributed by atoms with Crippen molar-refractivity contribution >= 4 is 11.9 Å². The van der Waals surface area contributed by atoms with Crippen LogP contribution in [-0.2, 0) is 9.59 Å². The van der Waals surface area contributed by atoms with Crippen molar-refractivity contribution in [3.8, 4) is 0 Å². The van der Waals surface area contributed by atoms with Gasteiger partial charge in [-0.1, -0.05) is 0 Å². The van der Waals surface area contributed by atoms with Crippen molar-refractivity contribution in [2.24, 2.45) is 23.2 Å². The zero-order chi connectivity index (χ0) is 14.8. The maximum absolute atomic E-state index is 13.1. The van der Waals surface area contributed by atoms with E-state index < -0.39 is 18.1 Å². The van der Waals surface area contributed by atoms with E-state index in [1.165, 1.54) is 24.2 Å². The van der Waals surface area contributed by atoms with Crippen LogP contribution in [0, 0.1) is 23.2 Å². The third-order valence-electron chi connectivity index (χ3n) is 6.30. The molecule has 0 aromatic rings. The molecule has 2 atom stereocenters. The average molecular weight is 292 g/mol. The van der Waals surface area contributed by atoms with Gasteiger partial charge in [0.15, 0.2) is 0 Å². The quantitative estimate of drug-likeness (QED) is 0.771. The average Bonchev–Trinajstić information content (AvgIpc) is 2.78. The summed E-state index contributed by atoms with van der Waals surface area (Å²) >= 11 is 0.